The van der Waals surface area contributed by atoms with Gasteiger partial charge < -0.3 is 25.0 Å². The molecule has 0 unspecified atom stereocenters. The van der Waals surface area contributed by atoms with Gasteiger partial charge >= 0.3 is 6.03 Å². The maximum atomic E-state index is 12.2. The molecule has 0 radical (unpaired) electrons. The Labute approximate surface area is 146 Å². The van der Waals surface area contributed by atoms with E-state index in [0.717, 1.165) is 0 Å². The van der Waals surface area contributed by atoms with E-state index in [-0.39, 0.29) is 12.1 Å². The highest BCUT2D eigenvalue weighted by Crippen LogP contribution is 2.34. The van der Waals surface area contributed by atoms with E-state index in [4.69, 9.17) is 9.47 Å². The summed E-state index contributed by atoms with van der Waals surface area (Å²) in [6.45, 7) is 0.502. The monoisotopic (exact) mass is 349 g/mol. The first-order chi connectivity index (χ1) is 11.6. The fourth-order valence-corrected chi connectivity index (χ4v) is 3.11. The molecule has 6 nitrogen and oxygen atoms in total. The topological polar surface area (TPSA) is 62.8 Å². The quantitative estimate of drug-likeness (QED) is 0.806. The van der Waals surface area contributed by atoms with Crippen LogP contribution in [-0.4, -0.2) is 45.8 Å². The number of nitrogens with zero attached hydrogens (tertiary/aromatic N) is 1. The highest BCUT2D eigenvalue weighted by atomic mass is 32.1. The summed E-state index contributed by atoms with van der Waals surface area (Å²) in [5.74, 6) is 1.07. The second-order valence-electron chi connectivity index (χ2n) is 5.41. The van der Waals surface area contributed by atoms with Crippen LogP contribution in [0.25, 0.3) is 0 Å². The molecule has 130 valence electrons. The molecule has 0 aliphatic rings. The van der Waals surface area contributed by atoms with Crippen LogP contribution in [0.4, 0.5) is 10.5 Å². The van der Waals surface area contributed by atoms with E-state index < -0.39 is 0 Å². The van der Waals surface area contributed by atoms with Crippen molar-refractivity contribution in [2.24, 2.45) is 0 Å². The van der Waals surface area contributed by atoms with E-state index in [2.05, 4.69) is 27.0 Å². The third-order valence-electron chi connectivity index (χ3n) is 3.66. The maximum Gasteiger partial charge on any atom is 0.319 e. The number of methoxy groups -OCH3 is 2. The van der Waals surface area contributed by atoms with E-state index in [9.17, 15) is 4.79 Å². The molecule has 2 N–H and O–H groups in total. The van der Waals surface area contributed by atoms with Gasteiger partial charge in [-0.25, -0.2) is 4.79 Å². The summed E-state index contributed by atoms with van der Waals surface area (Å²) < 4.78 is 10.6. The lowest BCUT2D eigenvalue weighted by Gasteiger charge is -2.24. The average molecular weight is 349 g/mol. The van der Waals surface area contributed by atoms with E-state index >= 15 is 0 Å². The number of hydrogen-bond acceptors (Lipinski definition) is 5. The van der Waals surface area contributed by atoms with E-state index in [1.165, 1.54) is 5.56 Å². The van der Waals surface area contributed by atoms with Crippen molar-refractivity contribution in [3.8, 4) is 11.5 Å². The van der Waals surface area contributed by atoms with Crippen LogP contribution < -0.4 is 20.1 Å². The normalized spacial score (nSPS) is 11.9. The van der Waals surface area contributed by atoms with Crippen LogP contribution in [-0.2, 0) is 0 Å². The Morgan fingerprint density at radius 2 is 2.04 bits per heavy atom. The number of para-hydroxylation sites is 1. The second kappa shape index (κ2) is 8.56. The smallest absolute Gasteiger partial charge is 0.319 e. The molecular weight excluding hydrogens is 326 g/mol. The first-order valence-corrected chi connectivity index (χ1v) is 8.45. The molecule has 2 rings (SSSR count). The zero-order chi connectivity index (χ0) is 17.5. The van der Waals surface area contributed by atoms with E-state index in [0.29, 0.717) is 23.7 Å². The summed E-state index contributed by atoms with van der Waals surface area (Å²) in [6, 6.07) is 7.24. The zero-order valence-electron chi connectivity index (χ0n) is 14.3. The Hall–Kier alpha value is -2.25. The maximum absolute atomic E-state index is 12.2. The van der Waals surface area contributed by atoms with Gasteiger partial charge in [-0.3, -0.25) is 0 Å². The summed E-state index contributed by atoms with van der Waals surface area (Å²) in [5.41, 5.74) is 1.75. The molecule has 0 fully saturated rings. The molecule has 0 aliphatic carbocycles. The molecule has 0 aliphatic heterocycles. The molecule has 7 heteroatoms. The van der Waals surface area contributed by atoms with Crippen molar-refractivity contribution in [3.63, 3.8) is 0 Å². The Bertz CT molecular complexity index is 659. The number of urea groups is 1. The molecular formula is C17H23N3O3S. The van der Waals surface area contributed by atoms with Gasteiger partial charge in [0.1, 0.15) is 0 Å². The van der Waals surface area contributed by atoms with Gasteiger partial charge in [-0.15, -0.1) is 0 Å². The van der Waals surface area contributed by atoms with Crippen molar-refractivity contribution < 1.29 is 14.3 Å². The highest BCUT2D eigenvalue weighted by molar-refractivity contribution is 7.07. The SMILES string of the molecule is COc1cccc(NC(=O)NC[C@H](c2ccsc2)N(C)C)c1OC. The number of anilines is 1. The van der Waals surface area contributed by atoms with Crippen LogP contribution in [0.1, 0.15) is 11.6 Å². The predicted molar refractivity (Wildman–Crippen MR) is 97.3 cm³/mol. The van der Waals surface area contributed by atoms with Gasteiger partial charge in [0.05, 0.1) is 25.9 Å². The first kappa shape index (κ1) is 18.1. The number of thiophene rings is 1. The Kier molecular flexibility index (Phi) is 6.45. The molecule has 1 heterocycles. The molecule has 1 aromatic heterocycles. The Morgan fingerprint density at radius 3 is 2.62 bits per heavy atom. The van der Waals surface area contributed by atoms with Crippen LogP contribution in [0.15, 0.2) is 35.0 Å². The molecule has 0 saturated heterocycles. The van der Waals surface area contributed by atoms with Crippen LogP contribution >= 0.6 is 11.3 Å². The van der Waals surface area contributed by atoms with E-state index in [1.54, 1.807) is 43.8 Å². The Morgan fingerprint density at radius 1 is 1.25 bits per heavy atom. The molecule has 1 atom stereocenters. The fourth-order valence-electron chi connectivity index (χ4n) is 2.40. The van der Waals surface area contributed by atoms with Gasteiger partial charge in [-0.05, 0) is 48.6 Å². The van der Waals surface area contributed by atoms with Crippen molar-refractivity contribution in [1.82, 2.24) is 10.2 Å². The van der Waals surface area contributed by atoms with E-state index in [1.807, 2.05) is 19.5 Å². The standard InChI is InChI=1S/C17H23N3O3S/c1-20(2)14(12-8-9-24-11-12)10-18-17(21)19-13-6-5-7-15(22-3)16(13)23-4/h5-9,11,14H,10H2,1-4H3,(H2,18,19,21)/t14-/m1/s1. The fraction of sp³-hybridized carbons (Fsp3) is 0.353. The largest absolute Gasteiger partial charge is 0.493 e. The van der Waals surface area contributed by atoms with Gasteiger partial charge in [-0.2, -0.15) is 11.3 Å². The minimum Gasteiger partial charge on any atom is -0.493 e. The van der Waals surface area contributed by atoms with Crippen molar-refractivity contribution in [3.05, 3.63) is 40.6 Å². The number of ether oxygens (including phenoxy) is 2. The summed E-state index contributed by atoms with van der Waals surface area (Å²) in [4.78, 5) is 14.3. The second-order valence-corrected chi connectivity index (χ2v) is 6.19. The molecule has 0 spiro atoms. The number of nitrogens with one attached hydrogen (secondary N) is 2. The minimum atomic E-state index is -0.288. The molecule has 0 bridgehead atoms. The highest BCUT2D eigenvalue weighted by Gasteiger charge is 2.17. The van der Waals surface area contributed by atoms with Gasteiger partial charge in [0, 0.05) is 6.54 Å². The third kappa shape index (κ3) is 4.39. The molecule has 2 amide bonds. The summed E-state index contributed by atoms with van der Waals surface area (Å²) >= 11 is 1.65. The molecule has 1 aromatic carbocycles. The number of benzene rings is 1. The minimum absolute atomic E-state index is 0.120. The summed E-state index contributed by atoms with van der Waals surface area (Å²) in [7, 11) is 7.09. The average Bonchev–Trinajstić information content (AvgIpc) is 3.08. The lowest BCUT2D eigenvalue weighted by Crippen LogP contribution is -2.36. The van der Waals surface area contributed by atoms with Gasteiger partial charge in [0.25, 0.3) is 0 Å². The number of likely N-dealkylation sites (N-methyl/N-ethyl adjacent to an activating group) is 1. The molecule has 24 heavy (non-hydrogen) atoms. The van der Waals surface area contributed by atoms with Crippen molar-refractivity contribution in [2.75, 3.05) is 40.2 Å². The number of hydrogen-bond donors (Lipinski definition) is 2. The van der Waals surface area contributed by atoms with Gasteiger partial charge in [0.2, 0.25) is 0 Å². The van der Waals surface area contributed by atoms with Crippen molar-refractivity contribution >= 4 is 23.1 Å². The van der Waals surface area contributed by atoms with Crippen molar-refractivity contribution in [2.45, 2.75) is 6.04 Å². The number of carbonyl (C=O) groups is 1. The predicted octanol–water partition coefficient (Wildman–Crippen LogP) is 3.19. The van der Waals surface area contributed by atoms with Crippen LogP contribution in [0, 0.1) is 0 Å². The number of rotatable bonds is 7. The number of carbonyl (C=O) groups excluding carboxylic acids is 1. The molecule has 2 aromatic rings. The lowest BCUT2D eigenvalue weighted by molar-refractivity contribution is 0.243. The van der Waals surface area contributed by atoms with Crippen molar-refractivity contribution in [1.29, 1.82) is 0 Å². The third-order valence-corrected chi connectivity index (χ3v) is 4.36. The molecule has 0 saturated carbocycles. The summed E-state index contributed by atoms with van der Waals surface area (Å²) in [5, 5.41) is 9.84. The van der Waals surface area contributed by atoms with Gasteiger partial charge in [0.15, 0.2) is 11.5 Å². The Balaban J connectivity index is 2.01. The van der Waals surface area contributed by atoms with Crippen LogP contribution in [0.5, 0.6) is 11.5 Å². The zero-order valence-corrected chi connectivity index (χ0v) is 15.1. The van der Waals surface area contributed by atoms with Crippen LogP contribution in [0.2, 0.25) is 0 Å². The number of amides is 2. The first-order valence-electron chi connectivity index (χ1n) is 7.51. The lowest BCUT2D eigenvalue weighted by atomic mass is 10.1. The summed E-state index contributed by atoms with van der Waals surface area (Å²) in [6.07, 6.45) is 0. The van der Waals surface area contributed by atoms with Crippen LogP contribution in [0.3, 0.4) is 0 Å². The van der Waals surface area contributed by atoms with Gasteiger partial charge in [-0.1, -0.05) is 6.07 Å².